The highest BCUT2D eigenvalue weighted by molar-refractivity contribution is 6.31. The summed E-state index contributed by atoms with van der Waals surface area (Å²) in [6, 6.07) is 10.5. The number of alkyl halides is 1. The number of fused-ring (bicyclic) bond motifs is 1. The average Bonchev–Trinajstić information content (AvgIpc) is 3.45. The fourth-order valence-electron chi connectivity index (χ4n) is 5.37. The number of piperidine rings is 1. The number of carbonyl (C=O) groups is 2. The third-order valence-electron chi connectivity index (χ3n) is 7.07. The molecule has 2 amide bonds. The summed E-state index contributed by atoms with van der Waals surface area (Å²) in [5.74, 6) is 0.440. The normalized spacial score (nSPS) is 20.8. The van der Waals surface area contributed by atoms with Gasteiger partial charge in [0, 0.05) is 25.8 Å². The fraction of sp³-hybridized carbons (Fsp3) is 0.370. The minimum absolute atomic E-state index is 0.0251. The Morgan fingerprint density at radius 2 is 1.97 bits per heavy atom. The van der Waals surface area contributed by atoms with Crippen molar-refractivity contribution >= 4 is 29.4 Å². The standard InChI is InChI=1S/C27H28ClN7O3/c1-14(2)34-21(19-13-32-27(30-3)33-25(19)38-4)10-18-23(34)22(16-7-5-15(11-29)6-8-16)35(26(18)37)17-9-20(28)24(36)31-12-17/h5-8,10,13-14,17,20,22H,9,12H2,1-4H3,(H,31,36)(H,30,32,33). The second-order valence-corrected chi connectivity index (χ2v) is 10.1. The molecule has 1 fully saturated rings. The van der Waals surface area contributed by atoms with Crippen molar-refractivity contribution in [3.8, 4) is 23.2 Å². The molecule has 2 aliphatic heterocycles. The lowest BCUT2D eigenvalue weighted by molar-refractivity contribution is -0.122. The van der Waals surface area contributed by atoms with Crippen molar-refractivity contribution in [1.29, 1.82) is 5.26 Å². The van der Waals surface area contributed by atoms with Crippen molar-refractivity contribution in [1.82, 2.24) is 24.8 Å². The van der Waals surface area contributed by atoms with Gasteiger partial charge in [-0.05, 0) is 44.0 Å². The molecule has 3 aromatic rings. The number of hydrogen-bond acceptors (Lipinski definition) is 7. The fourth-order valence-corrected chi connectivity index (χ4v) is 5.65. The number of anilines is 1. The number of methoxy groups -OCH3 is 1. The van der Waals surface area contributed by atoms with E-state index in [4.69, 9.17) is 16.3 Å². The molecule has 3 unspecified atom stereocenters. The van der Waals surface area contributed by atoms with Gasteiger partial charge in [0.05, 0.1) is 53.3 Å². The molecule has 11 heteroatoms. The van der Waals surface area contributed by atoms with E-state index in [2.05, 4.69) is 45.1 Å². The Balaban J connectivity index is 1.71. The van der Waals surface area contributed by atoms with Crippen LogP contribution in [0.1, 0.15) is 59.5 Å². The van der Waals surface area contributed by atoms with Crippen molar-refractivity contribution in [2.24, 2.45) is 0 Å². The largest absolute Gasteiger partial charge is 0.480 e. The summed E-state index contributed by atoms with van der Waals surface area (Å²) in [4.78, 5) is 36.8. The van der Waals surface area contributed by atoms with Crippen LogP contribution in [-0.4, -0.2) is 63.4 Å². The Hall–Kier alpha value is -4.10. The molecule has 0 bridgehead atoms. The first-order chi connectivity index (χ1) is 18.3. The van der Waals surface area contributed by atoms with E-state index >= 15 is 0 Å². The van der Waals surface area contributed by atoms with Gasteiger partial charge in [-0.25, -0.2) is 4.98 Å². The van der Waals surface area contributed by atoms with Crippen molar-refractivity contribution in [2.45, 2.75) is 43.8 Å². The van der Waals surface area contributed by atoms with Gasteiger partial charge < -0.3 is 24.8 Å². The van der Waals surface area contributed by atoms with Gasteiger partial charge >= 0.3 is 0 Å². The van der Waals surface area contributed by atoms with Crippen LogP contribution in [0.2, 0.25) is 0 Å². The summed E-state index contributed by atoms with van der Waals surface area (Å²) in [5, 5.41) is 14.4. The topological polar surface area (TPSA) is 125 Å². The van der Waals surface area contributed by atoms with Gasteiger partial charge in [-0.2, -0.15) is 10.2 Å². The van der Waals surface area contributed by atoms with E-state index in [9.17, 15) is 14.9 Å². The van der Waals surface area contributed by atoms with Gasteiger partial charge in [0.1, 0.15) is 5.38 Å². The monoisotopic (exact) mass is 533 g/mol. The Labute approximate surface area is 225 Å². The van der Waals surface area contributed by atoms with E-state index in [-0.39, 0.29) is 23.9 Å². The van der Waals surface area contributed by atoms with Gasteiger partial charge in [-0.3, -0.25) is 9.59 Å². The highest BCUT2D eigenvalue weighted by Crippen LogP contribution is 2.46. The van der Waals surface area contributed by atoms with E-state index in [1.54, 1.807) is 32.5 Å². The van der Waals surface area contributed by atoms with Crippen LogP contribution in [0.25, 0.3) is 11.3 Å². The highest BCUT2D eigenvalue weighted by atomic mass is 35.5. The first kappa shape index (κ1) is 25.5. The second-order valence-electron chi connectivity index (χ2n) is 9.61. The molecule has 38 heavy (non-hydrogen) atoms. The van der Waals surface area contributed by atoms with Crippen LogP contribution in [0.5, 0.6) is 5.88 Å². The van der Waals surface area contributed by atoms with Crippen LogP contribution in [-0.2, 0) is 4.79 Å². The molecule has 0 spiro atoms. The second kappa shape index (κ2) is 9.99. The maximum Gasteiger partial charge on any atom is 0.256 e. The molecule has 3 atom stereocenters. The van der Waals surface area contributed by atoms with E-state index in [0.29, 0.717) is 41.5 Å². The van der Waals surface area contributed by atoms with Crippen molar-refractivity contribution in [2.75, 3.05) is 26.0 Å². The first-order valence-corrected chi connectivity index (χ1v) is 12.8. The highest BCUT2D eigenvalue weighted by Gasteiger charge is 2.47. The third-order valence-corrected chi connectivity index (χ3v) is 7.44. The Morgan fingerprint density at radius 3 is 2.58 bits per heavy atom. The number of aromatic nitrogens is 3. The molecule has 1 saturated heterocycles. The molecule has 5 rings (SSSR count). The molecule has 0 aliphatic carbocycles. The van der Waals surface area contributed by atoms with Crippen molar-refractivity contribution in [3.63, 3.8) is 0 Å². The Bertz CT molecular complexity index is 1440. The predicted octanol–water partition coefficient (Wildman–Crippen LogP) is 3.49. The molecule has 0 saturated carbocycles. The van der Waals surface area contributed by atoms with E-state index < -0.39 is 11.4 Å². The molecule has 196 valence electrons. The van der Waals surface area contributed by atoms with Gasteiger partial charge in [0.2, 0.25) is 17.7 Å². The van der Waals surface area contributed by atoms with Gasteiger partial charge in [-0.1, -0.05) is 12.1 Å². The molecule has 2 aromatic heterocycles. The van der Waals surface area contributed by atoms with E-state index in [0.717, 1.165) is 17.0 Å². The number of rotatable bonds is 6. The van der Waals surface area contributed by atoms with Crippen molar-refractivity contribution in [3.05, 3.63) is 58.9 Å². The summed E-state index contributed by atoms with van der Waals surface area (Å²) in [6.45, 7) is 4.42. The molecule has 1 aromatic carbocycles. The minimum atomic E-state index is -0.724. The lowest BCUT2D eigenvalue weighted by Crippen LogP contribution is -2.53. The molecule has 2 N–H and O–H groups in total. The molecule has 4 heterocycles. The lowest BCUT2D eigenvalue weighted by Gasteiger charge is -2.38. The first-order valence-electron chi connectivity index (χ1n) is 12.4. The zero-order valence-corrected chi connectivity index (χ0v) is 22.3. The number of halogens is 1. The van der Waals surface area contributed by atoms with Crippen LogP contribution in [0.3, 0.4) is 0 Å². The maximum atomic E-state index is 14.1. The van der Waals surface area contributed by atoms with Crippen molar-refractivity contribution < 1.29 is 14.3 Å². The molecule has 2 aliphatic rings. The zero-order chi connectivity index (χ0) is 27.1. The smallest absolute Gasteiger partial charge is 0.256 e. The zero-order valence-electron chi connectivity index (χ0n) is 21.5. The Morgan fingerprint density at radius 1 is 1.24 bits per heavy atom. The molecule has 0 radical (unpaired) electrons. The van der Waals surface area contributed by atoms with Crippen LogP contribution < -0.4 is 15.4 Å². The van der Waals surface area contributed by atoms with E-state index in [1.165, 1.54) is 0 Å². The van der Waals surface area contributed by atoms with Crippen LogP contribution in [0.4, 0.5) is 5.95 Å². The van der Waals surface area contributed by atoms with Crippen LogP contribution in [0, 0.1) is 11.3 Å². The quantitative estimate of drug-likeness (QED) is 0.464. The number of benzene rings is 1. The summed E-state index contributed by atoms with van der Waals surface area (Å²) < 4.78 is 7.72. The van der Waals surface area contributed by atoms with Gasteiger partial charge in [-0.15, -0.1) is 11.6 Å². The average molecular weight is 534 g/mol. The van der Waals surface area contributed by atoms with Crippen LogP contribution in [0.15, 0.2) is 36.5 Å². The minimum Gasteiger partial charge on any atom is -0.480 e. The predicted molar refractivity (Wildman–Crippen MR) is 142 cm³/mol. The number of ether oxygens (including phenoxy) is 1. The Kier molecular flexibility index (Phi) is 6.71. The summed E-state index contributed by atoms with van der Waals surface area (Å²) in [7, 11) is 3.28. The summed E-state index contributed by atoms with van der Waals surface area (Å²) in [5.41, 5.74) is 4.21. The number of nitrogens with one attached hydrogen (secondary N) is 2. The van der Waals surface area contributed by atoms with Crippen LogP contribution >= 0.6 is 11.6 Å². The number of carbonyl (C=O) groups excluding carboxylic acids is 2. The molecule has 10 nitrogen and oxygen atoms in total. The number of nitriles is 1. The number of amides is 2. The SMILES string of the molecule is CNc1ncc(-c2cc3c(n2C(C)C)C(c2ccc(C#N)cc2)N(C2CNC(=O)C(Cl)C2)C3=O)c(OC)n1. The molecular formula is C27H28ClN7O3. The summed E-state index contributed by atoms with van der Waals surface area (Å²) in [6.07, 6.45) is 2.03. The number of nitrogens with zero attached hydrogens (tertiary/aromatic N) is 5. The maximum absolute atomic E-state index is 14.1. The summed E-state index contributed by atoms with van der Waals surface area (Å²) >= 11 is 6.33. The van der Waals surface area contributed by atoms with E-state index in [1.807, 2.05) is 23.1 Å². The van der Waals surface area contributed by atoms with Gasteiger partial charge in [0.25, 0.3) is 5.91 Å². The molecular weight excluding hydrogens is 506 g/mol. The lowest BCUT2D eigenvalue weighted by atomic mass is 9.98. The van der Waals surface area contributed by atoms with Gasteiger partial charge in [0.15, 0.2) is 0 Å². The third kappa shape index (κ3) is 4.13. The number of hydrogen-bond donors (Lipinski definition) is 2.